The lowest BCUT2D eigenvalue weighted by Crippen LogP contribution is -2.13. The normalized spacial score (nSPS) is 11.4. The molecule has 0 saturated carbocycles. The molecular formula is C32H56O5. The molecule has 1 heterocycles. The van der Waals surface area contributed by atoms with Crippen molar-refractivity contribution in [1.82, 2.24) is 0 Å². The maximum atomic E-state index is 12.4. The van der Waals surface area contributed by atoms with Crippen molar-refractivity contribution in [2.45, 2.75) is 143 Å². The maximum absolute atomic E-state index is 12.4. The first kappa shape index (κ1) is 33.2. The van der Waals surface area contributed by atoms with Gasteiger partial charge in [-0.1, -0.05) is 130 Å². The molecule has 1 aromatic heterocycles. The Hall–Kier alpha value is -1.78. The largest absolute Gasteiger partial charge is 0.462 e. The topological polar surface area (TPSA) is 65.7 Å². The minimum absolute atomic E-state index is 0.0520. The van der Waals surface area contributed by atoms with Crippen LogP contribution in [0.4, 0.5) is 0 Å². The molecule has 1 aromatic rings. The van der Waals surface area contributed by atoms with Crippen molar-refractivity contribution >= 4 is 11.9 Å². The van der Waals surface area contributed by atoms with E-state index in [-0.39, 0.29) is 11.3 Å². The molecule has 0 aliphatic carbocycles. The van der Waals surface area contributed by atoms with Gasteiger partial charge < -0.3 is 13.9 Å². The first-order valence-electron chi connectivity index (χ1n) is 15.3. The van der Waals surface area contributed by atoms with Crippen molar-refractivity contribution in [3.8, 4) is 0 Å². The van der Waals surface area contributed by atoms with Gasteiger partial charge >= 0.3 is 11.9 Å². The van der Waals surface area contributed by atoms with Crippen molar-refractivity contribution in [3.63, 3.8) is 0 Å². The van der Waals surface area contributed by atoms with Gasteiger partial charge in [-0.05, 0) is 30.7 Å². The van der Waals surface area contributed by atoms with Crippen LogP contribution in [0.3, 0.4) is 0 Å². The average molecular weight is 521 g/mol. The van der Waals surface area contributed by atoms with E-state index in [9.17, 15) is 9.59 Å². The fourth-order valence-electron chi connectivity index (χ4n) is 4.53. The van der Waals surface area contributed by atoms with E-state index in [1.165, 1.54) is 102 Å². The van der Waals surface area contributed by atoms with Crippen molar-refractivity contribution < 1.29 is 23.5 Å². The van der Waals surface area contributed by atoms with Crippen LogP contribution in [0.25, 0.3) is 0 Å². The van der Waals surface area contributed by atoms with Crippen molar-refractivity contribution in [2.24, 2.45) is 11.8 Å². The second-order valence-corrected chi connectivity index (χ2v) is 11.5. The van der Waals surface area contributed by atoms with E-state index >= 15 is 0 Å². The Labute approximate surface area is 227 Å². The zero-order chi connectivity index (χ0) is 27.1. The third kappa shape index (κ3) is 18.2. The number of carbonyl (C=O) groups excluding carboxylic acids is 2. The van der Waals surface area contributed by atoms with Gasteiger partial charge in [-0.3, -0.25) is 0 Å². The number of ether oxygens (including phenoxy) is 2. The van der Waals surface area contributed by atoms with Crippen molar-refractivity contribution in [1.29, 1.82) is 0 Å². The summed E-state index contributed by atoms with van der Waals surface area (Å²) in [7, 11) is 0. The van der Waals surface area contributed by atoms with Crippen LogP contribution in [0.15, 0.2) is 16.7 Å². The van der Waals surface area contributed by atoms with Gasteiger partial charge in [0.1, 0.15) is 5.56 Å². The molecule has 0 radical (unpaired) electrons. The number of carbonyl (C=O) groups is 2. The van der Waals surface area contributed by atoms with Gasteiger partial charge in [-0.15, -0.1) is 0 Å². The van der Waals surface area contributed by atoms with E-state index in [2.05, 4.69) is 27.7 Å². The molecule has 0 fully saturated rings. The van der Waals surface area contributed by atoms with Crippen LogP contribution in [0.2, 0.25) is 0 Å². The highest BCUT2D eigenvalue weighted by Gasteiger charge is 2.23. The highest BCUT2D eigenvalue weighted by atomic mass is 16.5. The molecule has 5 heteroatoms. The average Bonchev–Trinajstić information content (AvgIpc) is 3.35. The summed E-state index contributed by atoms with van der Waals surface area (Å²) in [5, 5.41) is 0. The first-order chi connectivity index (χ1) is 17.9. The summed E-state index contributed by atoms with van der Waals surface area (Å²) in [6.45, 7) is 9.85. The first-order valence-corrected chi connectivity index (χ1v) is 15.3. The SMILES string of the molecule is CC(C)CCCCCCCCCCOC(=O)c1ccoc1C(=O)OCCCCCCCCCCC(C)C. The minimum atomic E-state index is -0.588. The molecular weight excluding hydrogens is 464 g/mol. The molecule has 0 N–H and O–H groups in total. The van der Waals surface area contributed by atoms with Crippen LogP contribution in [0.5, 0.6) is 0 Å². The van der Waals surface area contributed by atoms with Gasteiger partial charge in [0.15, 0.2) is 0 Å². The highest BCUT2D eigenvalue weighted by molar-refractivity contribution is 6.01. The molecule has 0 saturated heterocycles. The molecule has 37 heavy (non-hydrogen) atoms. The van der Waals surface area contributed by atoms with Gasteiger partial charge in [0.2, 0.25) is 5.76 Å². The zero-order valence-corrected chi connectivity index (χ0v) is 24.5. The fraction of sp³-hybridized carbons (Fsp3) is 0.812. The van der Waals surface area contributed by atoms with Gasteiger partial charge in [-0.25, -0.2) is 9.59 Å². The summed E-state index contributed by atoms with van der Waals surface area (Å²) < 4.78 is 15.9. The Kier molecular flexibility index (Phi) is 20.0. The van der Waals surface area contributed by atoms with Crippen LogP contribution in [0, 0.1) is 11.8 Å². The molecule has 0 aliphatic rings. The number of rotatable bonds is 24. The van der Waals surface area contributed by atoms with Gasteiger partial charge in [-0.2, -0.15) is 0 Å². The number of hydrogen-bond donors (Lipinski definition) is 0. The van der Waals surface area contributed by atoms with Crippen LogP contribution in [0.1, 0.15) is 164 Å². The molecule has 5 nitrogen and oxygen atoms in total. The van der Waals surface area contributed by atoms with E-state index in [1.54, 1.807) is 0 Å². The third-order valence-electron chi connectivity index (χ3n) is 6.89. The lowest BCUT2D eigenvalue weighted by atomic mass is 10.0. The lowest BCUT2D eigenvalue weighted by Gasteiger charge is -2.07. The molecule has 0 amide bonds. The van der Waals surface area contributed by atoms with Crippen LogP contribution in [-0.4, -0.2) is 25.2 Å². The Bertz CT molecular complexity index is 635. The molecule has 214 valence electrons. The van der Waals surface area contributed by atoms with E-state index in [0.29, 0.717) is 13.2 Å². The quantitative estimate of drug-likeness (QED) is 0.100. The molecule has 0 unspecified atom stereocenters. The monoisotopic (exact) mass is 520 g/mol. The van der Waals surface area contributed by atoms with Gasteiger partial charge in [0.05, 0.1) is 19.5 Å². The number of esters is 2. The number of furan rings is 1. The summed E-state index contributed by atoms with van der Waals surface area (Å²) in [4.78, 5) is 24.8. The predicted octanol–water partition coefficient (Wildman–Crippen LogP) is 9.93. The molecule has 1 rings (SSSR count). The Morgan fingerprint density at radius 2 is 0.973 bits per heavy atom. The Morgan fingerprint density at radius 1 is 0.595 bits per heavy atom. The predicted molar refractivity (Wildman–Crippen MR) is 152 cm³/mol. The molecule has 0 atom stereocenters. The smallest absolute Gasteiger partial charge is 0.375 e. The molecule has 0 aromatic carbocycles. The van der Waals surface area contributed by atoms with Crippen LogP contribution >= 0.6 is 0 Å². The van der Waals surface area contributed by atoms with E-state index < -0.39 is 11.9 Å². The van der Waals surface area contributed by atoms with Gasteiger partial charge in [0.25, 0.3) is 0 Å². The maximum Gasteiger partial charge on any atom is 0.375 e. The Balaban J connectivity index is 2.06. The summed E-state index contributed by atoms with van der Waals surface area (Å²) in [6, 6.07) is 1.49. The second kappa shape index (κ2) is 22.2. The number of hydrogen-bond acceptors (Lipinski definition) is 5. The van der Waals surface area contributed by atoms with E-state index in [0.717, 1.165) is 37.5 Å². The molecule has 0 bridgehead atoms. The third-order valence-corrected chi connectivity index (χ3v) is 6.89. The summed E-state index contributed by atoms with van der Waals surface area (Å²) >= 11 is 0. The van der Waals surface area contributed by atoms with Crippen LogP contribution < -0.4 is 0 Å². The molecule has 0 aliphatic heterocycles. The van der Waals surface area contributed by atoms with Crippen LogP contribution in [-0.2, 0) is 9.47 Å². The highest BCUT2D eigenvalue weighted by Crippen LogP contribution is 2.16. The number of unbranched alkanes of at least 4 members (excludes halogenated alkanes) is 14. The summed E-state index contributed by atoms with van der Waals surface area (Å²) in [5.74, 6) is 0.466. The zero-order valence-electron chi connectivity index (χ0n) is 24.5. The Morgan fingerprint density at radius 3 is 1.41 bits per heavy atom. The standard InChI is InChI=1S/C32H56O5/c1-27(2)21-17-13-9-5-7-11-15-19-24-36-31(33)29-23-26-35-30(29)32(34)37-25-20-16-12-8-6-10-14-18-22-28(3)4/h23,26-28H,5-22,24-25H2,1-4H3. The van der Waals surface area contributed by atoms with E-state index in [1.807, 2.05) is 0 Å². The van der Waals surface area contributed by atoms with E-state index in [4.69, 9.17) is 13.9 Å². The molecule has 0 spiro atoms. The summed E-state index contributed by atoms with van der Waals surface area (Å²) in [5.41, 5.74) is 0.156. The lowest BCUT2D eigenvalue weighted by molar-refractivity contribution is 0.0423. The summed E-state index contributed by atoms with van der Waals surface area (Å²) in [6.07, 6.45) is 23.2. The second-order valence-electron chi connectivity index (χ2n) is 11.5. The van der Waals surface area contributed by atoms with Crippen molar-refractivity contribution in [3.05, 3.63) is 23.7 Å². The van der Waals surface area contributed by atoms with Crippen molar-refractivity contribution in [2.75, 3.05) is 13.2 Å². The fourth-order valence-corrected chi connectivity index (χ4v) is 4.53. The van der Waals surface area contributed by atoms with Gasteiger partial charge in [0, 0.05) is 0 Å². The minimum Gasteiger partial charge on any atom is -0.462 e.